The summed E-state index contributed by atoms with van der Waals surface area (Å²) >= 11 is 0. The van der Waals surface area contributed by atoms with Crippen molar-refractivity contribution >= 4 is 102 Å². The Morgan fingerprint density at radius 2 is 1.71 bits per heavy atom. The second-order valence-corrected chi connectivity index (χ2v) is 30.0. The lowest BCUT2D eigenvalue weighted by molar-refractivity contribution is -0.178. The molecule has 0 spiro atoms. The van der Waals surface area contributed by atoms with E-state index in [1.54, 1.807) is 12.1 Å². The van der Waals surface area contributed by atoms with E-state index >= 15 is 4.39 Å². The Hall–Kier alpha value is -6.77. The Kier molecular flexibility index (Phi) is 21.7. The number of benzene rings is 3. The minimum absolute atomic E-state index is 0.0127. The first-order valence-electron chi connectivity index (χ1n) is 29.1. The minimum atomic E-state index is -5.89. The number of carbonyl (C=O) groups excluding carboxylic acids is 2. The molecular weight excluding hydrogens is 1310 g/mol. The second-order valence-electron chi connectivity index (χ2n) is 23.0. The Labute approximate surface area is 540 Å². The lowest BCUT2D eigenvalue weighted by atomic mass is 9.83. The highest BCUT2D eigenvalue weighted by Gasteiger charge is 2.46. The van der Waals surface area contributed by atoms with Crippen molar-refractivity contribution in [1.82, 2.24) is 19.9 Å². The van der Waals surface area contributed by atoms with Crippen LogP contribution in [0.4, 0.5) is 15.9 Å². The summed E-state index contributed by atoms with van der Waals surface area (Å²) in [6.45, 7) is 12.4. The maximum absolute atomic E-state index is 15.1. The van der Waals surface area contributed by atoms with Crippen molar-refractivity contribution in [3.63, 3.8) is 0 Å². The third-order valence-electron chi connectivity index (χ3n) is 14.9. The topological polar surface area (TPSA) is 410 Å². The van der Waals surface area contributed by atoms with E-state index < -0.39 is 66.0 Å². The molecule has 28 nitrogen and oxygen atoms in total. The van der Waals surface area contributed by atoms with Crippen LogP contribution in [0.2, 0.25) is 0 Å². The monoisotopic (exact) mass is 1380 g/mol. The van der Waals surface area contributed by atoms with Gasteiger partial charge in [-0.1, -0.05) is 65.5 Å². The van der Waals surface area contributed by atoms with Gasteiger partial charge in [0.2, 0.25) is 5.91 Å². The number of phosphoric acid groups is 3. The summed E-state index contributed by atoms with van der Waals surface area (Å²) < 4.78 is 88.0. The predicted molar refractivity (Wildman–Crippen MR) is 344 cm³/mol. The van der Waals surface area contributed by atoms with Gasteiger partial charge in [0.05, 0.1) is 52.2 Å². The molecule has 5 aromatic rings. The van der Waals surface area contributed by atoms with Gasteiger partial charge in [-0.2, -0.15) is 8.62 Å². The van der Waals surface area contributed by atoms with Crippen LogP contribution in [0.3, 0.4) is 0 Å². The highest BCUT2D eigenvalue weighted by Crippen LogP contribution is 2.66. The maximum Gasteiger partial charge on any atom is 0.490 e. The van der Waals surface area contributed by atoms with Crippen molar-refractivity contribution in [2.24, 2.45) is 10.1 Å². The number of hydrogen-bond donors (Lipinski definition) is 8. The quantitative estimate of drug-likeness (QED) is 0.00216. The number of azide groups is 1. The number of carbonyl (C=O) groups is 3. The Balaban J connectivity index is 0.770. The molecule has 3 aromatic carbocycles. The average Bonchev–Trinajstić information content (AvgIpc) is 1.22. The van der Waals surface area contributed by atoms with E-state index in [0.29, 0.717) is 63.5 Å². The number of amides is 1. The van der Waals surface area contributed by atoms with Crippen LogP contribution in [-0.2, 0) is 45.8 Å². The second kappa shape index (κ2) is 28.7. The van der Waals surface area contributed by atoms with Gasteiger partial charge in [0, 0.05) is 101 Å². The zero-order chi connectivity index (χ0) is 67.4. The zero-order valence-electron chi connectivity index (χ0n) is 51.4. The van der Waals surface area contributed by atoms with Gasteiger partial charge in [0.1, 0.15) is 47.6 Å². The van der Waals surface area contributed by atoms with Gasteiger partial charge >= 0.3 is 29.4 Å². The predicted octanol–water partition coefficient (Wildman–Crippen LogP) is 10.5. The van der Waals surface area contributed by atoms with Gasteiger partial charge < -0.3 is 64.6 Å². The number of ether oxygens (including phenoxy) is 4. The standard InChI is InChI=1S/C59H68FN10O18P3S2/c1-8-33-27-57(3,4)66-43-24-46-41(22-38(33)43)53(42-23-39-34(9-2)28-58(5,6)67-44(39)25-47(42)84-46)40-21-35(16-17-37(40)56(73)74)45(71)14-12-20-92-93-32-82-19-11-15-50(72)63-18-10-13-36-29-70(55-52(36)54(61)64-31-65-55)51-26-48(86-59(7,60)68-69-62)49(85-51)30-83-90(78,79)88-91(80,81)87-89(75,76)77/h16-17,21-25,27-29,31,48-49,51,66H,8-9,11-12,14-15,18-20,26,30,32H2,1-7H3,(H,63,72)(H,73,74)(H,78,79)(H,80,81)(H2,61,64,65)(H2,75,76,77)/t48?,49-,51-,59-/m1/s1. The molecule has 0 bridgehead atoms. The number of nitrogens with zero attached hydrogens (tertiary/aromatic N) is 7. The molecule has 9 N–H and O–H groups in total. The maximum atomic E-state index is 15.1. The van der Waals surface area contributed by atoms with Gasteiger partial charge in [0.25, 0.3) is 5.98 Å². The number of carboxylic acids is 1. The van der Waals surface area contributed by atoms with Crippen molar-refractivity contribution < 1.29 is 89.2 Å². The molecule has 0 radical (unpaired) electrons. The summed E-state index contributed by atoms with van der Waals surface area (Å²) in [5.74, 6) is 3.18. The molecule has 1 saturated heterocycles. The molecule has 496 valence electrons. The molecule has 2 aromatic heterocycles. The lowest BCUT2D eigenvalue weighted by Crippen LogP contribution is -2.35. The first kappa shape index (κ1) is 70.5. The van der Waals surface area contributed by atoms with Crippen LogP contribution in [0.15, 0.2) is 77.2 Å². The largest absolute Gasteiger partial charge is 0.490 e. The number of nitrogens with two attached hydrogens (primary N) is 1. The van der Waals surface area contributed by atoms with E-state index in [4.69, 9.17) is 49.5 Å². The average molecular weight is 1380 g/mol. The molecule has 93 heavy (non-hydrogen) atoms. The number of aromatic carboxylic acids is 1. The van der Waals surface area contributed by atoms with Crippen LogP contribution in [0.1, 0.15) is 148 Å². The van der Waals surface area contributed by atoms with E-state index in [-0.39, 0.29) is 77.6 Å². The van der Waals surface area contributed by atoms with E-state index in [9.17, 15) is 43.0 Å². The number of Topliss-reactive ketones (excluding diaryl/α,β-unsaturated/α-hetero) is 1. The summed E-state index contributed by atoms with van der Waals surface area (Å²) in [4.78, 5) is 93.0. The lowest BCUT2D eigenvalue weighted by Gasteiger charge is -2.34. The summed E-state index contributed by atoms with van der Waals surface area (Å²) in [7, 11) is -14.3. The van der Waals surface area contributed by atoms with E-state index in [0.717, 1.165) is 59.4 Å². The third-order valence-corrected chi connectivity index (χ3v) is 20.8. The van der Waals surface area contributed by atoms with Crippen molar-refractivity contribution in [3.05, 3.63) is 127 Å². The molecule has 9 rings (SSSR count). The first-order valence-corrected chi connectivity index (χ1v) is 36.1. The minimum Gasteiger partial charge on any atom is -0.478 e. The number of fused-ring (bicyclic) bond motifs is 5. The summed E-state index contributed by atoms with van der Waals surface area (Å²) in [5, 5.41) is 21.8. The van der Waals surface area contributed by atoms with Crippen molar-refractivity contribution in [2.45, 2.75) is 129 Å². The van der Waals surface area contributed by atoms with Gasteiger partial charge in [0.15, 0.2) is 5.78 Å². The van der Waals surface area contributed by atoms with Crippen molar-refractivity contribution in [3.8, 4) is 23.3 Å². The SMILES string of the molecule is CCC1=CC(C)(C)Nc2cc3c(cc21)C(c1cc(C(=O)CCCSSCOCCCC(=O)NCC#Cc2cn([C@H]4CC(O[C@](C)(F)N=[N+]=[N-])[C@@H](COP(=O)(O)OP(=O)(O)OP(=O)(O)O)O4)c4ncnc(N)c24)ccc1C(=O)O)=c1cc2c(cc1O3)=NC(C)(C)C=C2CC. The number of halogens is 1. The molecule has 6 atom stereocenters. The highest BCUT2D eigenvalue weighted by atomic mass is 33.1. The molecule has 1 fully saturated rings. The van der Waals surface area contributed by atoms with Crippen LogP contribution in [0, 0.1) is 11.8 Å². The summed E-state index contributed by atoms with van der Waals surface area (Å²) in [6, 6.07) is 12.8. The normalized spacial score (nSPS) is 19.5. The molecular formula is C59H68FN10O18P3S2. The Morgan fingerprint density at radius 3 is 2.43 bits per heavy atom. The van der Waals surface area contributed by atoms with Gasteiger partial charge in [-0.3, -0.25) is 19.1 Å². The Bertz CT molecular complexity index is 4280. The fraction of sp³-hybridized carbons (Fsp3) is 0.424. The number of allylic oxidation sites excluding steroid dienone is 2. The van der Waals surface area contributed by atoms with Crippen LogP contribution in [0.5, 0.6) is 11.5 Å². The zero-order valence-corrected chi connectivity index (χ0v) is 55.7. The molecule has 0 saturated carbocycles. The molecule has 4 aliphatic rings. The number of nitrogen functional groups attached to an aromatic ring is 1. The Morgan fingerprint density at radius 1 is 0.957 bits per heavy atom. The number of ketones is 1. The number of anilines is 2. The molecule has 0 aliphatic carbocycles. The third kappa shape index (κ3) is 17.6. The molecule has 34 heteroatoms. The fourth-order valence-electron chi connectivity index (χ4n) is 11.2. The smallest absolute Gasteiger partial charge is 0.478 e. The number of phosphoric ester groups is 1. The number of rotatable bonds is 28. The fourth-order valence-corrected chi connectivity index (χ4v) is 15.9. The van der Waals surface area contributed by atoms with Crippen molar-refractivity contribution in [2.75, 3.05) is 42.5 Å². The van der Waals surface area contributed by atoms with E-state index in [1.165, 1.54) is 38.4 Å². The summed E-state index contributed by atoms with van der Waals surface area (Å²) in [6.07, 6.45) is 5.31. The molecule has 3 unspecified atom stereocenters. The van der Waals surface area contributed by atoms with Gasteiger partial charge in [-0.05, 0) is 105 Å². The van der Waals surface area contributed by atoms with Crippen molar-refractivity contribution in [1.29, 1.82) is 0 Å². The molecule has 4 aliphatic heterocycles. The first-order chi connectivity index (χ1) is 43.8. The number of alkyl halides is 1. The van der Waals surface area contributed by atoms with Gasteiger partial charge in [-0.15, -0.1) is 0 Å². The van der Waals surface area contributed by atoms with E-state index in [1.807, 2.05) is 18.2 Å². The molecule has 1 amide bonds. The molecule has 6 heterocycles. The van der Waals surface area contributed by atoms with E-state index in [2.05, 4.69) is 111 Å². The van der Waals surface area contributed by atoms with Crippen LogP contribution < -0.4 is 31.7 Å². The number of aromatic nitrogens is 3. The number of nitrogens with one attached hydrogen (secondary N) is 2. The highest BCUT2D eigenvalue weighted by molar-refractivity contribution is 8.76. The number of hydrogen-bond acceptors (Lipinski definition) is 21. The van der Waals surface area contributed by atoms with Crippen LogP contribution in [-0.4, -0.2) is 118 Å². The van der Waals surface area contributed by atoms with Crippen LogP contribution >= 0.6 is 45.1 Å². The van der Waals surface area contributed by atoms with Crippen LogP contribution in [0.25, 0.3) is 38.2 Å². The number of carboxylic acid groups (broad SMARTS) is 1. The van der Waals surface area contributed by atoms with Gasteiger partial charge in [-0.25, -0.2) is 32.8 Å². The summed E-state index contributed by atoms with van der Waals surface area (Å²) in [5.41, 5.74) is 22.0.